The largest absolute Gasteiger partial charge is 0.268 e. The molecule has 32 heavy (non-hydrogen) atoms. The number of carbonyl (C=O) groups excluding carboxylic acids is 1. The predicted molar refractivity (Wildman–Crippen MR) is 131 cm³/mol. The van der Waals surface area contributed by atoms with Crippen molar-refractivity contribution in [2.45, 2.75) is 25.3 Å². The minimum atomic E-state index is -0.0799. The number of carbonyl (C=O) groups is 1. The van der Waals surface area contributed by atoms with Crippen molar-refractivity contribution < 1.29 is 4.79 Å². The van der Waals surface area contributed by atoms with Crippen LogP contribution in [0.1, 0.15) is 42.0 Å². The summed E-state index contributed by atoms with van der Waals surface area (Å²) in [5, 5.41) is 6.65. The van der Waals surface area contributed by atoms with E-state index >= 15 is 0 Å². The van der Waals surface area contributed by atoms with Crippen LogP contribution in [0.3, 0.4) is 0 Å². The molecule has 3 aromatic rings. The van der Waals surface area contributed by atoms with Gasteiger partial charge in [-0.25, -0.2) is 5.01 Å². The van der Waals surface area contributed by atoms with E-state index in [0.717, 1.165) is 36.1 Å². The molecule has 1 heterocycles. The molecule has 2 aliphatic rings. The Bertz CT molecular complexity index is 1160. The second kappa shape index (κ2) is 9.19. The van der Waals surface area contributed by atoms with Crippen LogP contribution >= 0.6 is 0 Å². The molecule has 0 saturated heterocycles. The van der Waals surface area contributed by atoms with Crippen molar-refractivity contribution in [2.24, 2.45) is 11.0 Å². The van der Waals surface area contributed by atoms with Gasteiger partial charge in [0, 0.05) is 12.0 Å². The highest BCUT2D eigenvalue weighted by Crippen LogP contribution is 2.44. The average Bonchev–Trinajstić information content (AvgIpc) is 3.25. The fraction of sp³-hybridized carbons (Fsp3) is 0.172. The zero-order chi connectivity index (χ0) is 21.8. The van der Waals surface area contributed by atoms with Gasteiger partial charge in [-0.05, 0) is 53.7 Å². The minimum Gasteiger partial charge on any atom is -0.268 e. The van der Waals surface area contributed by atoms with E-state index in [2.05, 4.69) is 42.5 Å². The molecule has 0 bridgehead atoms. The Morgan fingerprint density at radius 1 is 0.844 bits per heavy atom. The Hall–Kier alpha value is -3.72. The monoisotopic (exact) mass is 418 g/mol. The second-order valence-electron chi connectivity index (χ2n) is 8.35. The third-order valence-corrected chi connectivity index (χ3v) is 6.23. The number of amides is 1. The maximum absolute atomic E-state index is 13.3. The molecule has 158 valence electrons. The van der Waals surface area contributed by atoms with Crippen LogP contribution < -0.4 is 0 Å². The Morgan fingerprint density at radius 3 is 2.16 bits per heavy atom. The molecule has 3 nitrogen and oxygen atoms in total. The fourth-order valence-electron chi connectivity index (χ4n) is 4.72. The summed E-state index contributed by atoms with van der Waals surface area (Å²) < 4.78 is 0. The van der Waals surface area contributed by atoms with Crippen LogP contribution in [-0.4, -0.2) is 16.6 Å². The van der Waals surface area contributed by atoms with Crippen LogP contribution in [0, 0.1) is 5.92 Å². The highest BCUT2D eigenvalue weighted by atomic mass is 16.2. The molecule has 0 N–H and O–H groups in total. The lowest BCUT2D eigenvalue weighted by molar-refractivity contribution is -0.128. The summed E-state index contributed by atoms with van der Waals surface area (Å²) in [5.41, 5.74) is 5.63. The zero-order valence-electron chi connectivity index (χ0n) is 18.0. The third-order valence-electron chi connectivity index (χ3n) is 6.23. The molecule has 5 rings (SSSR count). The van der Waals surface area contributed by atoms with E-state index in [0.29, 0.717) is 0 Å². The van der Waals surface area contributed by atoms with Gasteiger partial charge in [0.15, 0.2) is 0 Å². The van der Waals surface area contributed by atoms with Gasteiger partial charge in [-0.1, -0.05) is 91.0 Å². The zero-order valence-corrected chi connectivity index (χ0v) is 18.0. The van der Waals surface area contributed by atoms with E-state index in [1.165, 1.54) is 11.1 Å². The van der Waals surface area contributed by atoms with Crippen LogP contribution in [0.15, 0.2) is 108 Å². The van der Waals surface area contributed by atoms with Crippen molar-refractivity contribution in [3.8, 4) is 0 Å². The van der Waals surface area contributed by atoms with Crippen LogP contribution in [0.2, 0.25) is 0 Å². The van der Waals surface area contributed by atoms with Crippen molar-refractivity contribution in [3.05, 3.63) is 119 Å². The predicted octanol–water partition coefficient (Wildman–Crippen LogP) is 6.52. The Morgan fingerprint density at radius 2 is 1.47 bits per heavy atom. The number of hydrogen-bond donors (Lipinski definition) is 0. The Labute approximate surface area is 189 Å². The van der Waals surface area contributed by atoms with Crippen LogP contribution in [0.4, 0.5) is 0 Å². The van der Waals surface area contributed by atoms with Gasteiger partial charge in [0.25, 0.3) is 5.91 Å². The number of hydrazone groups is 1. The summed E-state index contributed by atoms with van der Waals surface area (Å²) >= 11 is 0. The van der Waals surface area contributed by atoms with E-state index in [4.69, 9.17) is 5.10 Å². The summed E-state index contributed by atoms with van der Waals surface area (Å²) in [6.45, 7) is 0. The first kappa shape index (κ1) is 20.2. The summed E-state index contributed by atoms with van der Waals surface area (Å²) in [6.07, 6.45) is 8.89. The number of rotatable bonds is 4. The lowest BCUT2D eigenvalue weighted by Gasteiger charge is -2.29. The molecule has 0 aromatic heterocycles. The van der Waals surface area contributed by atoms with Crippen molar-refractivity contribution in [2.75, 3.05) is 0 Å². The normalized spacial score (nSPS) is 21.6. The number of benzene rings is 3. The first-order chi connectivity index (χ1) is 15.8. The van der Waals surface area contributed by atoms with E-state index in [-0.39, 0.29) is 17.9 Å². The molecule has 3 aromatic carbocycles. The first-order valence-corrected chi connectivity index (χ1v) is 11.3. The van der Waals surface area contributed by atoms with Gasteiger partial charge in [-0.3, -0.25) is 4.79 Å². The molecule has 1 aliphatic heterocycles. The minimum absolute atomic E-state index is 0.0707. The first-order valence-electron chi connectivity index (χ1n) is 11.3. The molecule has 2 unspecified atom stereocenters. The fourth-order valence-corrected chi connectivity index (χ4v) is 4.72. The smallest absolute Gasteiger partial charge is 0.267 e. The molecule has 3 heteroatoms. The van der Waals surface area contributed by atoms with E-state index in [1.54, 1.807) is 11.1 Å². The van der Waals surface area contributed by atoms with E-state index in [1.807, 2.05) is 60.7 Å². The summed E-state index contributed by atoms with van der Waals surface area (Å²) in [7, 11) is 0. The lowest BCUT2D eigenvalue weighted by Crippen LogP contribution is -2.30. The Kier molecular flexibility index (Phi) is 5.80. The maximum atomic E-state index is 13.3. The topological polar surface area (TPSA) is 32.7 Å². The van der Waals surface area contributed by atoms with Gasteiger partial charge in [-0.2, -0.15) is 5.10 Å². The van der Waals surface area contributed by atoms with Gasteiger partial charge in [0.1, 0.15) is 0 Å². The molecule has 2 atom stereocenters. The lowest BCUT2D eigenvalue weighted by atomic mass is 9.77. The van der Waals surface area contributed by atoms with Crippen molar-refractivity contribution >= 4 is 23.8 Å². The molecule has 0 spiro atoms. The number of hydrogen-bond acceptors (Lipinski definition) is 2. The Balaban J connectivity index is 1.51. The van der Waals surface area contributed by atoms with Gasteiger partial charge in [-0.15, -0.1) is 0 Å². The number of allylic oxidation sites excluding steroid dienone is 1. The molecular weight excluding hydrogens is 392 g/mol. The van der Waals surface area contributed by atoms with Crippen LogP contribution in [-0.2, 0) is 4.79 Å². The van der Waals surface area contributed by atoms with Crippen LogP contribution in [0.25, 0.3) is 12.2 Å². The molecule has 1 saturated carbocycles. The molecular formula is C29H26N2O. The third kappa shape index (κ3) is 4.19. The maximum Gasteiger partial charge on any atom is 0.267 e. The van der Waals surface area contributed by atoms with Crippen molar-refractivity contribution in [3.63, 3.8) is 0 Å². The highest BCUT2D eigenvalue weighted by molar-refractivity contribution is 6.08. The highest BCUT2D eigenvalue weighted by Gasteiger charge is 2.43. The van der Waals surface area contributed by atoms with Gasteiger partial charge < -0.3 is 0 Å². The standard InChI is InChI=1S/C29H26N2O/c32-27(20-19-22-11-4-1-5-12-22)31-29(24-15-8-3-9-16-24)26-18-10-17-25(28(26)30-31)21-23-13-6-2-7-14-23/h1-9,11-16,19-21,26,29H,10,17-18H2/b20-19+,25-21+. The van der Waals surface area contributed by atoms with Gasteiger partial charge >= 0.3 is 0 Å². The number of fused-ring (bicyclic) bond motifs is 1. The van der Waals surface area contributed by atoms with Gasteiger partial charge in [0.05, 0.1) is 11.8 Å². The van der Waals surface area contributed by atoms with Gasteiger partial charge in [0.2, 0.25) is 0 Å². The average molecular weight is 419 g/mol. The van der Waals surface area contributed by atoms with Crippen molar-refractivity contribution in [1.82, 2.24) is 5.01 Å². The quantitative estimate of drug-likeness (QED) is 0.444. The van der Waals surface area contributed by atoms with E-state index in [9.17, 15) is 4.79 Å². The molecule has 1 fully saturated rings. The molecule has 0 radical (unpaired) electrons. The summed E-state index contributed by atoms with van der Waals surface area (Å²) in [4.78, 5) is 13.3. The second-order valence-corrected chi connectivity index (χ2v) is 8.35. The SMILES string of the molecule is O=C(/C=C/c1ccccc1)N1N=C2/C(=C/c3ccccc3)CCCC2C1c1ccccc1. The summed E-state index contributed by atoms with van der Waals surface area (Å²) in [6, 6.07) is 30.5. The molecule has 1 aliphatic carbocycles. The van der Waals surface area contributed by atoms with Crippen LogP contribution in [0.5, 0.6) is 0 Å². The summed E-state index contributed by atoms with van der Waals surface area (Å²) in [5.74, 6) is 0.138. The van der Waals surface area contributed by atoms with E-state index < -0.39 is 0 Å². The molecule has 1 amide bonds. The van der Waals surface area contributed by atoms with Crippen molar-refractivity contribution in [1.29, 1.82) is 0 Å². The number of nitrogens with zero attached hydrogens (tertiary/aromatic N) is 2.